The number of allylic oxidation sites excluding steroid dienone is 1. The Hall–Kier alpha value is -2.46. The molecule has 1 aliphatic heterocycles. The van der Waals surface area contributed by atoms with E-state index < -0.39 is 0 Å². The van der Waals surface area contributed by atoms with Gasteiger partial charge in [0.25, 0.3) is 11.8 Å². The van der Waals surface area contributed by atoms with E-state index in [2.05, 4.69) is 26.0 Å². The lowest BCUT2D eigenvalue weighted by Gasteiger charge is -2.25. The van der Waals surface area contributed by atoms with Gasteiger partial charge < -0.3 is 0 Å². The fourth-order valence-corrected chi connectivity index (χ4v) is 4.65. The molecule has 0 aromatic heterocycles. The minimum absolute atomic E-state index is 0.149. The molecule has 4 heteroatoms. The predicted octanol–water partition coefficient (Wildman–Crippen LogP) is 3.22. The number of hydrogen-bond acceptors (Lipinski definition) is 2. The number of carbonyl (C=O) groups excluding carboxylic acids is 2. The van der Waals surface area contributed by atoms with E-state index >= 15 is 0 Å². The van der Waals surface area contributed by atoms with Gasteiger partial charge in [0.2, 0.25) is 0 Å². The van der Waals surface area contributed by atoms with Gasteiger partial charge >= 0.3 is 0 Å². The molecule has 0 N–H and O–H groups in total. The van der Waals surface area contributed by atoms with Gasteiger partial charge in [-0.05, 0) is 50.5 Å². The Morgan fingerprint density at radius 3 is 2.24 bits per heavy atom. The van der Waals surface area contributed by atoms with Crippen molar-refractivity contribution in [1.82, 2.24) is 4.90 Å². The van der Waals surface area contributed by atoms with Crippen molar-refractivity contribution in [2.45, 2.75) is 32.9 Å². The maximum atomic E-state index is 12.8. The minimum Gasteiger partial charge on any atom is -0.274 e. The zero-order chi connectivity index (χ0) is 18.0. The van der Waals surface area contributed by atoms with E-state index in [0.29, 0.717) is 27.1 Å². The van der Waals surface area contributed by atoms with Crippen LogP contribution in [0.1, 0.15) is 45.2 Å². The third-order valence-electron chi connectivity index (χ3n) is 4.66. The fraction of sp³-hybridized carbons (Fsp3) is 0.238. The van der Waals surface area contributed by atoms with Crippen LogP contribution in [0.2, 0.25) is 0 Å². The van der Waals surface area contributed by atoms with E-state index in [1.54, 1.807) is 24.3 Å². The average molecular weight is 347 g/mol. The van der Waals surface area contributed by atoms with Crippen LogP contribution in [0.4, 0.5) is 0 Å². The van der Waals surface area contributed by atoms with Crippen molar-refractivity contribution in [3.05, 3.63) is 76.9 Å². The van der Waals surface area contributed by atoms with Crippen molar-refractivity contribution in [3.63, 3.8) is 0 Å². The SMILES string of the molecule is CC=CCC([Si]c1cccc(C)c1C)N1C(=O)c2ccccc2C1=O. The van der Waals surface area contributed by atoms with Gasteiger partial charge in [0.05, 0.1) is 11.1 Å². The first kappa shape index (κ1) is 17.4. The molecule has 1 atom stereocenters. The van der Waals surface area contributed by atoms with Crippen molar-refractivity contribution in [1.29, 1.82) is 0 Å². The molecule has 126 valence electrons. The highest BCUT2D eigenvalue weighted by molar-refractivity contribution is 6.56. The van der Waals surface area contributed by atoms with Crippen molar-refractivity contribution in [3.8, 4) is 0 Å². The number of benzene rings is 2. The Labute approximate surface area is 151 Å². The molecule has 1 unspecified atom stereocenters. The molecule has 0 saturated carbocycles. The molecule has 25 heavy (non-hydrogen) atoms. The van der Waals surface area contributed by atoms with Gasteiger partial charge in [0, 0.05) is 5.67 Å². The standard InChI is InChI=1S/C21H21NO2Si/c1-4-5-13-19(25-18-12-8-9-14(2)15(18)3)22-20(23)16-10-6-7-11-17(16)21(22)24/h4-12,19H,13H2,1-3H3. The van der Waals surface area contributed by atoms with Gasteiger partial charge in [-0.1, -0.05) is 47.7 Å². The molecule has 0 saturated heterocycles. The summed E-state index contributed by atoms with van der Waals surface area (Å²) in [6, 6.07) is 13.3. The van der Waals surface area contributed by atoms with Crippen LogP contribution in [-0.2, 0) is 0 Å². The Balaban J connectivity index is 1.96. The van der Waals surface area contributed by atoms with Crippen LogP contribution < -0.4 is 5.19 Å². The summed E-state index contributed by atoms with van der Waals surface area (Å²) in [4.78, 5) is 27.1. The zero-order valence-electron chi connectivity index (χ0n) is 14.7. The Kier molecular flexibility index (Phi) is 5.00. The molecule has 2 aromatic carbocycles. The quantitative estimate of drug-likeness (QED) is 0.473. The maximum Gasteiger partial charge on any atom is 0.261 e. The van der Waals surface area contributed by atoms with Crippen molar-refractivity contribution in [2.75, 3.05) is 0 Å². The van der Waals surface area contributed by atoms with Crippen molar-refractivity contribution >= 4 is 26.5 Å². The second-order valence-electron chi connectivity index (χ2n) is 6.24. The van der Waals surface area contributed by atoms with Crippen molar-refractivity contribution < 1.29 is 9.59 Å². The molecular formula is C21H21NO2Si. The van der Waals surface area contributed by atoms with E-state index in [-0.39, 0.29) is 17.5 Å². The molecule has 2 aromatic rings. The zero-order valence-corrected chi connectivity index (χ0v) is 15.7. The first-order valence-corrected chi connectivity index (χ1v) is 9.53. The van der Waals surface area contributed by atoms with Gasteiger partial charge in [-0.15, -0.1) is 0 Å². The molecule has 2 amide bonds. The van der Waals surface area contributed by atoms with E-state index in [1.165, 1.54) is 21.2 Å². The van der Waals surface area contributed by atoms with Crippen LogP contribution in [0.25, 0.3) is 0 Å². The minimum atomic E-state index is -0.173. The molecule has 3 nitrogen and oxygen atoms in total. The number of fused-ring (bicyclic) bond motifs is 1. The molecule has 0 fully saturated rings. The highest BCUT2D eigenvalue weighted by Gasteiger charge is 2.39. The third kappa shape index (κ3) is 3.22. The van der Waals surface area contributed by atoms with Crippen LogP contribution in [-0.4, -0.2) is 31.9 Å². The summed E-state index contributed by atoms with van der Waals surface area (Å²) in [5.74, 6) is -0.346. The molecule has 3 rings (SSSR count). The van der Waals surface area contributed by atoms with Crippen LogP contribution >= 0.6 is 0 Å². The number of aryl methyl sites for hydroxylation is 1. The number of nitrogens with zero attached hydrogens (tertiary/aromatic N) is 1. The molecular weight excluding hydrogens is 326 g/mol. The summed E-state index contributed by atoms with van der Waals surface area (Å²) < 4.78 is 0. The van der Waals surface area contributed by atoms with Gasteiger partial charge in [0.15, 0.2) is 0 Å². The van der Waals surface area contributed by atoms with Crippen LogP contribution in [0.3, 0.4) is 0 Å². The lowest BCUT2D eigenvalue weighted by molar-refractivity contribution is 0.0633. The third-order valence-corrected chi connectivity index (χ3v) is 6.34. The summed E-state index contributed by atoms with van der Waals surface area (Å²) >= 11 is 0. The fourth-order valence-electron chi connectivity index (χ4n) is 3.07. The van der Waals surface area contributed by atoms with Crippen LogP contribution in [0, 0.1) is 13.8 Å². The topological polar surface area (TPSA) is 37.4 Å². The maximum absolute atomic E-state index is 12.8. The smallest absolute Gasteiger partial charge is 0.261 e. The Morgan fingerprint density at radius 1 is 1.00 bits per heavy atom. The molecule has 2 radical (unpaired) electrons. The summed E-state index contributed by atoms with van der Waals surface area (Å²) in [5, 5.41) is 1.21. The first-order chi connectivity index (χ1) is 12.0. The number of amides is 2. The second kappa shape index (κ2) is 7.19. The second-order valence-corrected chi connectivity index (χ2v) is 7.73. The molecule has 0 aliphatic carbocycles. The number of imide groups is 1. The van der Waals surface area contributed by atoms with Crippen LogP contribution in [0.15, 0.2) is 54.6 Å². The molecule has 0 bridgehead atoms. The summed E-state index contributed by atoms with van der Waals surface area (Å²) in [5.41, 5.74) is 3.36. The highest BCUT2D eigenvalue weighted by atomic mass is 28.2. The van der Waals surface area contributed by atoms with Crippen molar-refractivity contribution in [2.24, 2.45) is 0 Å². The van der Waals surface area contributed by atoms with E-state index in [4.69, 9.17) is 0 Å². The van der Waals surface area contributed by atoms with E-state index in [0.717, 1.165) is 0 Å². The Bertz CT molecular complexity index is 822. The molecule has 1 aliphatic rings. The first-order valence-electron chi connectivity index (χ1n) is 8.45. The lowest BCUT2D eigenvalue weighted by Crippen LogP contribution is -2.47. The largest absolute Gasteiger partial charge is 0.274 e. The Morgan fingerprint density at radius 2 is 1.64 bits per heavy atom. The van der Waals surface area contributed by atoms with Gasteiger partial charge in [-0.2, -0.15) is 0 Å². The van der Waals surface area contributed by atoms with Gasteiger partial charge in [-0.25, -0.2) is 0 Å². The van der Waals surface area contributed by atoms with Gasteiger partial charge in [-0.3, -0.25) is 14.5 Å². The molecule has 1 heterocycles. The number of hydrogen-bond donors (Lipinski definition) is 0. The number of rotatable bonds is 5. The van der Waals surface area contributed by atoms with E-state index in [1.807, 2.05) is 25.1 Å². The highest BCUT2D eigenvalue weighted by Crippen LogP contribution is 2.25. The monoisotopic (exact) mass is 347 g/mol. The van der Waals surface area contributed by atoms with Gasteiger partial charge in [0.1, 0.15) is 9.52 Å². The summed E-state index contributed by atoms with van der Waals surface area (Å²) in [6.45, 7) is 6.15. The number of carbonyl (C=O) groups is 2. The average Bonchev–Trinajstić information content (AvgIpc) is 2.87. The van der Waals surface area contributed by atoms with E-state index in [9.17, 15) is 9.59 Å². The summed E-state index contributed by atoms with van der Waals surface area (Å²) in [6.07, 6.45) is 4.68. The van der Waals surface area contributed by atoms with Crippen LogP contribution in [0.5, 0.6) is 0 Å². The lowest BCUT2D eigenvalue weighted by atomic mass is 10.1. The normalized spacial score (nSPS) is 15.1. The summed E-state index contributed by atoms with van der Waals surface area (Å²) in [7, 11) is 0.367. The molecule has 0 spiro atoms. The predicted molar refractivity (Wildman–Crippen MR) is 101 cm³/mol.